The highest BCUT2D eigenvalue weighted by Crippen LogP contribution is 2.21. The van der Waals surface area contributed by atoms with Crippen LogP contribution in [-0.4, -0.2) is 4.98 Å². The average molecular weight is 299 g/mol. The molecule has 0 aliphatic carbocycles. The molecule has 0 aliphatic rings. The van der Waals surface area contributed by atoms with Crippen molar-refractivity contribution in [3.8, 4) is 0 Å². The molecule has 0 bridgehead atoms. The largest absolute Gasteiger partial charge is 0.365 e. The minimum atomic E-state index is -0.0890. The van der Waals surface area contributed by atoms with E-state index in [-0.39, 0.29) is 11.6 Å². The van der Waals surface area contributed by atoms with Gasteiger partial charge >= 0.3 is 0 Å². The van der Waals surface area contributed by atoms with Crippen LogP contribution in [-0.2, 0) is 0 Å². The first kappa shape index (κ1) is 13.7. The van der Waals surface area contributed by atoms with E-state index < -0.39 is 0 Å². The number of rotatable bonds is 3. The summed E-state index contributed by atoms with van der Waals surface area (Å²) < 4.78 is 0. The summed E-state index contributed by atoms with van der Waals surface area (Å²) in [6.07, 6.45) is 0. The molecule has 0 radical (unpaired) electrons. The number of benzene rings is 2. The van der Waals surface area contributed by atoms with Crippen molar-refractivity contribution in [2.24, 2.45) is 0 Å². The van der Waals surface area contributed by atoms with E-state index in [1.165, 1.54) is 0 Å². The maximum absolute atomic E-state index is 12.1. The standard InChI is InChI=1S/C17H15ClN2O/c1-11(12-6-4-7-14(18)9-12)19-16-10-13-5-2-3-8-15(13)17(21)20-16/h2-11H,1H3,(H2,19,20,21). The van der Waals surface area contributed by atoms with Gasteiger partial charge in [0.15, 0.2) is 0 Å². The zero-order chi connectivity index (χ0) is 14.8. The van der Waals surface area contributed by atoms with Gasteiger partial charge in [0.25, 0.3) is 5.56 Å². The summed E-state index contributed by atoms with van der Waals surface area (Å²) in [7, 11) is 0. The molecule has 3 aromatic rings. The molecule has 106 valence electrons. The molecule has 21 heavy (non-hydrogen) atoms. The lowest BCUT2D eigenvalue weighted by molar-refractivity contribution is 0.874. The molecular formula is C17H15ClN2O. The van der Waals surface area contributed by atoms with Crippen molar-refractivity contribution in [3.05, 3.63) is 75.5 Å². The Bertz CT molecular complexity index is 841. The monoisotopic (exact) mass is 298 g/mol. The first-order valence-corrected chi connectivity index (χ1v) is 7.15. The first-order chi connectivity index (χ1) is 10.1. The molecule has 0 saturated carbocycles. The minimum absolute atomic E-state index is 0.0421. The molecule has 3 nitrogen and oxygen atoms in total. The summed E-state index contributed by atoms with van der Waals surface area (Å²) in [5.41, 5.74) is 0.977. The second kappa shape index (κ2) is 5.62. The quantitative estimate of drug-likeness (QED) is 0.755. The van der Waals surface area contributed by atoms with E-state index in [2.05, 4.69) is 10.3 Å². The Morgan fingerprint density at radius 1 is 1.10 bits per heavy atom. The van der Waals surface area contributed by atoms with E-state index >= 15 is 0 Å². The fourth-order valence-corrected chi connectivity index (χ4v) is 2.58. The third kappa shape index (κ3) is 2.93. The van der Waals surface area contributed by atoms with Gasteiger partial charge in [0.1, 0.15) is 5.82 Å². The van der Waals surface area contributed by atoms with Crippen LogP contribution in [0.25, 0.3) is 10.8 Å². The van der Waals surface area contributed by atoms with Gasteiger partial charge in [-0.2, -0.15) is 0 Å². The number of anilines is 1. The van der Waals surface area contributed by atoms with Gasteiger partial charge in [-0.3, -0.25) is 4.79 Å². The highest BCUT2D eigenvalue weighted by Gasteiger charge is 2.07. The molecule has 1 atom stereocenters. The van der Waals surface area contributed by atoms with Crippen molar-refractivity contribution in [2.45, 2.75) is 13.0 Å². The molecular weight excluding hydrogens is 284 g/mol. The number of aromatic nitrogens is 1. The number of fused-ring (bicyclic) bond motifs is 1. The van der Waals surface area contributed by atoms with Crippen LogP contribution in [0.5, 0.6) is 0 Å². The van der Waals surface area contributed by atoms with Gasteiger partial charge in [-0.1, -0.05) is 41.9 Å². The highest BCUT2D eigenvalue weighted by molar-refractivity contribution is 6.30. The van der Waals surface area contributed by atoms with Crippen LogP contribution in [0.1, 0.15) is 18.5 Å². The molecule has 1 unspecified atom stereocenters. The maximum atomic E-state index is 12.1. The fraction of sp³-hybridized carbons (Fsp3) is 0.118. The molecule has 0 saturated heterocycles. The maximum Gasteiger partial charge on any atom is 0.257 e. The molecule has 1 aromatic heterocycles. The number of pyridine rings is 1. The number of halogens is 1. The number of hydrogen-bond acceptors (Lipinski definition) is 2. The van der Waals surface area contributed by atoms with Crippen LogP contribution in [0.15, 0.2) is 59.4 Å². The Morgan fingerprint density at radius 3 is 2.71 bits per heavy atom. The lowest BCUT2D eigenvalue weighted by Gasteiger charge is -2.16. The Morgan fingerprint density at radius 2 is 1.90 bits per heavy atom. The van der Waals surface area contributed by atoms with Gasteiger partial charge in [-0.25, -0.2) is 0 Å². The minimum Gasteiger partial charge on any atom is -0.365 e. The van der Waals surface area contributed by atoms with Crippen LogP contribution >= 0.6 is 11.6 Å². The Balaban J connectivity index is 1.93. The van der Waals surface area contributed by atoms with Crippen molar-refractivity contribution >= 4 is 28.2 Å². The smallest absolute Gasteiger partial charge is 0.257 e. The molecule has 0 spiro atoms. The zero-order valence-electron chi connectivity index (χ0n) is 11.6. The first-order valence-electron chi connectivity index (χ1n) is 6.77. The third-order valence-corrected chi connectivity index (χ3v) is 3.71. The van der Waals surface area contributed by atoms with E-state index in [1.54, 1.807) is 0 Å². The van der Waals surface area contributed by atoms with Crippen LogP contribution in [0.2, 0.25) is 5.02 Å². The van der Waals surface area contributed by atoms with Gasteiger partial charge in [0, 0.05) is 16.5 Å². The molecule has 4 heteroatoms. The summed E-state index contributed by atoms with van der Waals surface area (Å²) >= 11 is 6.01. The summed E-state index contributed by atoms with van der Waals surface area (Å²) in [6, 6.07) is 17.2. The molecule has 0 fully saturated rings. The van der Waals surface area contributed by atoms with Gasteiger partial charge < -0.3 is 10.3 Å². The zero-order valence-corrected chi connectivity index (χ0v) is 12.3. The van der Waals surface area contributed by atoms with Crippen LogP contribution in [0, 0.1) is 0 Å². The predicted molar refractivity (Wildman–Crippen MR) is 88.1 cm³/mol. The van der Waals surface area contributed by atoms with E-state index in [0.717, 1.165) is 10.9 Å². The lowest BCUT2D eigenvalue weighted by Crippen LogP contribution is -2.13. The molecule has 0 amide bonds. The van der Waals surface area contributed by atoms with Gasteiger partial charge in [0.05, 0.1) is 0 Å². The summed E-state index contributed by atoms with van der Waals surface area (Å²) in [6.45, 7) is 2.03. The molecule has 3 rings (SSSR count). The number of H-pyrrole nitrogens is 1. The Labute approximate surface area is 127 Å². The SMILES string of the molecule is CC(Nc1cc2ccccc2c(=O)[nH]1)c1cccc(Cl)c1. The van der Waals surface area contributed by atoms with Crippen molar-refractivity contribution in [2.75, 3.05) is 5.32 Å². The third-order valence-electron chi connectivity index (χ3n) is 3.47. The van der Waals surface area contributed by atoms with Crippen molar-refractivity contribution < 1.29 is 0 Å². The van der Waals surface area contributed by atoms with Crippen LogP contribution in [0.3, 0.4) is 0 Å². The Hall–Kier alpha value is -2.26. The number of nitrogens with one attached hydrogen (secondary N) is 2. The molecule has 1 heterocycles. The summed E-state index contributed by atoms with van der Waals surface area (Å²) in [5, 5.41) is 5.62. The van der Waals surface area contributed by atoms with Crippen LogP contribution < -0.4 is 10.9 Å². The van der Waals surface area contributed by atoms with Gasteiger partial charge in [-0.15, -0.1) is 0 Å². The van der Waals surface area contributed by atoms with E-state index in [1.807, 2.05) is 61.5 Å². The molecule has 2 N–H and O–H groups in total. The van der Waals surface area contributed by atoms with E-state index in [9.17, 15) is 4.79 Å². The van der Waals surface area contributed by atoms with Crippen molar-refractivity contribution in [1.82, 2.24) is 4.98 Å². The highest BCUT2D eigenvalue weighted by atomic mass is 35.5. The fourth-order valence-electron chi connectivity index (χ4n) is 2.38. The summed E-state index contributed by atoms with van der Waals surface area (Å²) in [4.78, 5) is 14.9. The second-order valence-corrected chi connectivity index (χ2v) is 5.46. The van der Waals surface area contributed by atoms with Crippen molar-refractivity contribution in [1.29, 1.82) is 0 Å². The van der Waals surface area contributed by atoms with Gasteiger partial charge in [-0.05, 0) is 42.1 Å². The summed E-state index contributed by atoms with van der Waals surface area (Å²) in [5.74, 6) is 0.700. The van der Waals surface area contributed by atoms with E-state index in [4.69, 9.17) is 11.6 Å². The van der Waals surface area contributed by atoms with Gasteiger partial charge in [0.2, 0.25) is 0 Å². The predicted octanol–water partition coefficient (Wildman–Crippen LogP) is 4.35. The normalized spacial score (nSPS) is 12.3. The Kier molecular flexibility index (Phi) is 3.67. The average Bonchev–Trinajstić information content (AvgIpc) is 2.47. The van der Waals surface area contributed by atoms with E-state index in [0.29, 0.717) is 16.2 Å². The van der Waals surface area contributed by atoms with Crippen molar-refractivity contribution in [3.63, 3.8) is 0 Å². The molecule has 0 aliphatic heterocycles. The topological polar surface area (TPSA) is 44.9 Å². The second-order valence-electron chi connectivity index (χ2n) is 5.02. The molecule has 2 aromatic carbocycles. The lowest BCUT2D eigenvalue weighted by atomic mass is 10.1. The number of aromatic amines is 1. The number of hydrogen-bond donors (Lipinski definition) is 2. The van der Waals surface area contributed by atoms with Crippen LogP contribution in [0.4, 0.5) is 5.82 Å².